The van der Waals surface area contributed by atoms with Crippen LogP contribution in [0.4, 0.5) is 0 Å². The molecule has 0 saturated carbocycles. The third-order valence-electron chi connectivity index (χ3n) is 2.90. The Labute approximate surface area is 118 Å². The number of hydrogen-bond donors (Lipinski definition) is 1. The van der Waals surface area contributed by atoms with E-state index in [0.29, 0.717) is 22.8 Å². The Morgan fingerprint density at radius 2 is 1.65 bits per heavy atom. The Kier molecular flexibility index (Phi) is 5.21. The van der Waals surface area contributed by atoms with Crippen LogP contribution >= 0.6 is 0 Å². The van der Waals surface area contributed by atoms with Crippen LogP contribution in [0.3, 0.4) is 0 Å². The fourth-order valence-electron chi connectivity index (χ4n) is 1.75. The molecule has 0 fully saturated rings. The zero-order chi connectivity index (χ0) is 15.3. The van der Waals surface area contributed by atoms with Crippen molar-refractivity contribution < 1.29 is 28.8 Å². The highest BCUT2D eigenvalue weighted by atomic mass is 16.6. The number of benzene rings is 1. The lowest BCUT2D eigenvalue weighted by atomic mass is 9.95. The first-order valence-corrected chi connectivity index (χ1v) is 6.12. The van der Waals surface area contributed by atoms with Gasteiger partial charge in [-0.25, -0.2) is 4.79 Å². The lowest BCUT2D eigenvalue weighted by Crippen LogP contribution is -2.34. The first kappa shape index (κ1) is 16.1. The van der Waals surface area contributed by atoms with Gasteiger partial charge in [0, 0.05) is 5.56 Å². The maximum absolute atomic E-state index is 11.8. The van der Waals surface area contributed by atoms with Crippen molar-refractivity contribution in [2.75, 3.05) is 27.9 Å². The van der Waals surface area contributed by atoms with Crippen molar-refractivity contribution in [3.63, 3.8) is 0 Å². The molecule has 1 atom stereocenters. The van der Waals surface area contributed by atoms with Gasteiger partial charge in [-0.3, -0.25) is 0 Å². The summed E-state index contributed by atoms with van der Waals surface area (Å²) in [5.41, 5.74) is -1.51. The van der Waals surface area contributed by atoms with Crippen molar-refractivity contribution in [3.05, 3.63) is 17.7 Å². The molecule has 1 aromatic rings. The number of ether oxygens (including phenoxy) is 4. The molecular weight excluding hydrogens is 264 g/mol. The lowest BCUT2D eigenvalue weighted by molar-refractivity contribution is -0.164. The zero-order valence-corrected chi connectivity index (χ0v) is 12.4. The molecule has 0 aliphatic heterocycles. The summed E-state index contributed by atoms with van der Waals surface area (Å²) in [7, 11) is 4.39. The average molecular weight is 284 g/mol. The van der Waals surface area contributed by atoms with Gasteiger partial charge in [0.1, 0.15) is 0 Å². The Balaban J connectivity index is 3.35. The highest BCUT2D eigenvalue weighted by molar-refractivity contribution is 5.81. The molecule has 0 aliphatic carbocycles. The van der Waals surface area contributed by atoms with Gasteiger partial charge in [0.15, 0.2) is 17.1 Å². The largest absolute Gasteiger partial charge is 0.493 e. The summed E-state index contributed by atoms with van der Waals surface area (Å²) >= 11 is 0. The number of carbonyl (C=O) groups excluding carboxylic acids is 1. The Morgan fingerprint density at radius 1 is 1.15 bits per heavy atom. The zero-order valence-electron chi connectivity index (χ0n) is 12.4. The Morgan fingerprint density at radius 3 is 2.00 bits per heavy atom. The standard InChI is InChI=1S/C14H20O6/c1-6-20-13(15)14(2,16)9-7-10(17-3)12(19-5)11(8-9)18-4/h7-8,16H,6H2,1-5H3/t14-/m0/s1. The van der Waals surface area contributed by atoms with Crippen LogP contribution < -0.4 is 14.2 Å². The number of carbonyl (C=O) groups is 1. The first-order valence-electron chi connectivity index (χ1n) is 6.12. The molecule has 0 amide bonds. The molecule has 0 heterocycles. The molecule has 0 radical (unpaired) electrons. The van der Waals surface area contributed by atoms with Gasteiger partial charge in [-0.1, -0.05) is 0 Å². The predicted octanol–water partition coefficient (Wildman–Crippen LogP) is 1.48. The monoisotopic (exact) mass is 284 g/mol. The minimum absolute atomic E-state index is 0.180. The Bertz CT molecular complexity index is 456. The molecule has 0 unspecified atom stereocenters. The molecular formula is C14H20O6. The van der Waals surface area contributed by atoms with Gasteiger partial charge in [-0.2, -0.15) is 0 Å². The molecule has 112 valence electrons. The van der Waals surface area contributed by atoms with Crippen molar-refractivity contribution in [3.8, 4) is 17.2 Å². The fraction of sp³-hybridized carbons (Fsp3) is 0.500. The van der Waals surface area contributed by atoms with Gasteiger partial charge in [-0.05, 0) is 26.0 Å². The highest BCUT2D eigenvalue weighted by Gasteiger charge is 2.36. The minimum atomic E-state index is -1.80. The van der Waals surface area contributed by atoms with Gasteiger partial charge >= 0.3 is 5.97 Å². The van der Waals surface area contributed by atoms with Crippen molar-refractivity contribution in [1.29, 1.82) is 0 Å². The minimum Gasteiger partial charge on any atom is -0.493 e. The van der Waals surface area contributed by atoms with E-state index in [1.807, 2.05) is 0 Å². The lowest BCUT2D eigenvalue weighted by Gasteiger charge is -2.23. The maximum Gasteiger partial charge on any atom is 0.342 e. The molecule has 1 aromatic carbocycles. The van der Waals surface area contributed by atoms with Crippen LogP contribution in [0.1, 0.15) is 19.4 Å². The van der Waals surface area contributed by atoms with E-state index in [1.165, 1.54) is 40.4 Å². The SMILES string of the molecule is CCOC(=O)[C@@](C)(O)c1cc(OC)c(OC)c(OC)c1. The van der Waals surface area contributed by atoms with E-state index in [1.54, 1.807) is 6.92 Å². The quantitative estimate of drug-likeness (QED) is 0.798. The van der Waals surface area contributed by atoms with E-state index in [4.69, 9.17) is 18.9 Å². The topological polar surface area (TPSA) is 74.2 Å². The van der Waals surface area contributed by atoms with Crippen LogP contribution in [0.2, 0.25) is 0 Å². The van der Waals surface area contributed by atoms with E-state index < -0.39 is 11.6 Å². The number of methoxy groups -OCH3 is 3. The van der Waals surface area contributed by atoms with Crippen LogP contribution in [0.25, 0.3) is 0 Å². The van der Waals surface area contributed by atoms with Gasteiger partial charge in [0.05, 0.1) is 27.9 Å². The van der Waals surface area contributed by atoms with Crippen molar-refractivity contribution in [2.45, 2.75) is 19.4 Å². The van der Waals surface area contributed by atoms with E-state index in [0.717, 1.165) is 0 Å². The van der Waals surface area contributed by atoms with Crippen LogP contribution in [0, 0.1) is 0 Å². The second-order valence-electron chi connectivity index (χ2n) is 4.21. The summed E-state index contributed by atoms with van der Waals surface area (Å²) < 4.78 is 20.4. The number of rotatable bonds is 6. The normalized spacial score (nSPS) is 13.3. The molecule has 20 heavy (non-hydrogen) atoms. The number of hydrogen-bond acceptors (Lipinski definition) is 6. The van der Waals surface area contributed by atoms with Crippen LogP contribution in [0.15, 0.2) is 12.1 Å². The Hall–Kier alpha value is -1.95. The molecule has 6 heteroatoms. The van der Waals surface area contributed by atoms with Crippen molar-refractivity contribution >= 4 is 5.97 Å². The molecule has 6 nitrogen and oxygen atoms in total. The maximum atomic E-state index is 11.8. The van der Waals surface area contributed by atoms with Crippen LogP contribution in [-0.2, 0) is 15.1 Å². The first-order chi connectivity index (χ1) is 9.42. The van der Waals surface area contributed by atoms with Crippen molar-refractivity contribution in [2.24, 2.45) is 0 Å². The molecule has 1 rings (SSSR count). The predicted molar refractivity (Wildman–Crippen MR) is 72.3 cm³/mol. The van der Waals surface area contributed by atoms with Crippen LogP contribution in [0.5, 0.6) is 17.2 Å². The van der Waals surface area contributed by atoms with Gasteiger partial charge in [-0.15, -0.1) is 0 Å². The van der Waals surface area contributed by atoms with E-state index in [9.17, 15) is 9.90 Å². The highest BCUT2D eigenvalue weighted by Crippen LogP contribution is 2.41. The summed E-state index contributed by atoms with van der Waals surface area (Å²) in [6, 6.07) is 3.02. The molecule has 1 N–H and O–H groups in total. The molecule has 0 spiro atoms. The second kappa shape index (κ2) is 6.47. The average Bonchev–Trinajstić information content (AvgIpc) is 2.45. The van der Waals surface area contributed by atoms with E-state index in [2.05, 4.69) is 0 Å². The number of esters is 1. The van der Waals surface area contributed by atoms with Crippen LogP contribution in [-0.4, -0.2) is 39.0 Å². The molecule has 0 aliphatic rings. The number of aliphatic hydroxyl groups is 1. The summed E-state index contributed by atoms with van der Waals surface area (Å²) in [5.74, 6) is 0.352. The summed E-state index contributed by atoms with van der Waals surface area (Å²) in [6.45, 7) is 3.20. The van der Waals surface area contributed by atoms with Gasteiger partial charge in [0.2, 0.25) is 5.75 Å². The molecule has 0 aromatic heterocycles. The van der Waals surface area contributed by atoms with Gasteiger partial charge in [0.25, 0.3) is 0 Å². The van der Waals surface area contributed by atoms with E-state index >= 15 is 0 Å². The molecule has 0 bridgehead atoms. The molecule has 0 saturated heterocycles. The summed E-state index contributed by atoms with van der Waals surface area (Å²) in [4.78, 5) is 11.8. The summed E-state index contributed by atoms with van der Waals surface area (Å²) in [5, 5.41) is 10.4. The third-order valence-corrected chi connectivity index (χ3v) is 2.90. The van der Waals surface area contributed by atoms with Crippen molar-refractivity contribution in [1.82, 2.24) is 0 Å². The smallest absolute Gasteiger partial charge is 0.342 e. The third kappa shape index (κ3) is 2.96. The fourth-order valence-corrected chi connectivity index (χ4v) is 1.75. The van der Waals surface area contributed by atoms with E-state index in [-0.39, 0.29) is 6.61 Å². The summed E-state index contributed by atoms with van der Waals surface area (Å²) in [6.07, 6.45) is 0. The van der Waals surface area contributed by atoms with Gasteiger partial charge < -0.3 is 24.1 Å². The second-order valence-corrected chi connectivity index (χ2v) is 4.21.